The van der Waals surface area contributed by atoms with Crippen LogP contribution in [0.4, 0.5) is 0 Å². The monoisotopic (exact) mass is 363 g/mol. The molecule has 0 fully saturated rings. The molecule has 1 aromatic heterocycles. The zero-order chi connectivity index (χ0) is 18.2. The molecule has 0 aliphatic heterocycles. The molecule has 0 N–H and O–H groups in total. The van der Waals surface area contributed by atoms with Crippen molar-refractivity contribution in [2.24, 2.45) is 5.92 Å². The van der Waals surface area contributed by atoms with Crippen LogP contribution in [0.15, 0.2) is 24.3 Å². The van der Waals surface area contributed by atoms with Crippen LogP contribution in [-0.2, 0) is 0 Å². The third-order valence-electron chi connectivity index (χ3n) is 4.06. The minimum atomic E-state index is -0.0707. The molecular formula is C19H26ClN3O2. The Kier molecular flexibility index (Phi) is 7.44. The maximum Gasteiger partial charge on any atom is 0.336 e. The van der Waals surface area contributed by atoms with E-state index < -0.39 is 0 Å². The molecule has 0 saturated heterocycles. The van der Waals surface area contributed by atoms with Crippen LogP contribution < -0.4 is 4.74 Å². The lowest BCUT2D eigenvalue weighted by molar-refractivity contribution is 0.0804. The second kappa shape index (κ2) is 9.56. The van der Waals surface area contributed by atoms with E-state index in [1.807, 2.05) is 26.0 Å². The highest BCUT2D eigenvalue weighted by Gasteiger charge is 2.24. The normalized spacial score (nSPS) is 12.2. The summed E-state index contributed by atoms with van der Waals surface area (Å²) in [6.07, 6.45) is 4.56. The Balaban J connectivity index is 2.40. The van der Waals surface area contributed by atoms with Gasteiger partial charge in [0, 0.05) is 16.5 Å². The molecule has 1 unspecified atom stereocenters. The Hall–Kier alpha value is -1.88. The number of nitrogens with zero attached hydrogens (tertiary/aromatic N) is 3. The van der Waals surface area contributed by atoms with E-state index in [1.165, 1.54) is 4.68 Å². The minimum absolute atomic E-state index is 0.0372. The zero-order valence-corrected chi connectivity index (χ0v) is 15.9. The summed E-state index contributed by atoms with van der Waals surface area (Å²) in [6.45, 7) is 6.68. The van der Waals surface area contributed by atoms with Crippen molar-refractivity contribution in [3.63, 3.8) is 0 Å². The number of ether oxygens (including phenoxy) is 1. The maximum absolute atomic E-state index is 13.0. The standard InChI is InChI=1S/C19H26ClN3O2/c1-4-7-9-14(6-3)18(24)23-17(15-10-8-11-16(20)13-15)21-19(22-23)25-12-5-2/h8,10-11,13-14H,4-7,9,12H2,1-3H3. The molecule has 0 radical (unpaired) electrons. The molecule has 1 heterocycles. The van der Waals surface area contributed by atoms with Crippen molar-refractivity contribution in [2.75, 3.05) is 6.61 Å². The number of carbonyl (C=O) groups is 1. The molecule has 25 heavy (non-hydrogen) atoms. The lowest BCUT2D eigenvalue weighted by Crippen LogP contribution is -2.23. The second-order valence-corrected chi connectivity index (χ2v) is 6.51. The first-order chi connectivity index (χ1) is 12.1. The molecule has 0 spiro atoms. The van der Waals surface area contributed by atoms with E-state index in [0.717, 1.165) is 37.7 Å². The van der Waals surface area contributed by atoms with Gasteiger partial charge in [0.2, 0.25) is 0 Å². The number of aromatic nitrogens is 3. The molecule has 1 atom stereocenters. The van der Waals surface area contributed by atoms with Gasteiger partial charge in [0.1, 0.15) is 0 Å². The van der Waals surface area contributed by atoms with Gasteiger partial charge in [-0.3, -0.25) is 4.79 Å². The summed E-state index contributed by atoms with van der Waals surface area (Å²) in [6, 6.07) is 7.51. The van der Waals surface area contributed by atoms with Crippen LogP contribution in [0.2, 0.25) is 5.02 Å². The third-order valence-corrected chi connectivity index (χ3v) is 4.30. The first-order valence-electron chi connectivity index (χ1n) is 9.00. The molecule has 136 valence electrons. The molecule has 0 aliphatic rings. The summed E-state index contributed by atoms with van der Waals surface area (Å²) in [4.78, 5) is 17.4. The quantitative estimate of drug-likeness (QED) is 0.611. The predicted octanol–water partition coefficient (Wildman–Crippen LogP) is 5.24. The molecule has 6 heteroatoms. The predicted molar refractivity (Wildman–Crippen MR) is 100 cm³/mol. The van der Waals surface area contributed by atoms with Gasteiger partial charge in [-0.1, -0.05) is 57.3 Å². The molecule has 0 bridgehead atoms. The number of halogens is 1. The van der Waals surface area contributed by atoms with Crippen LogP contribution in [0.1, 0.15) is 57.7 Å². The average Bonchev–Trinajstić information content (AvgIpc) is 3.04. The van der Waals surface area contributed by atoms with Crippen LogP contribution in [0.3, 0.4) is 0 Å². The van der Waals surface area contributed by atoms with Gasteiger partial charge in [0.15, 0.2) is 5.82 Å². The molecular weight excluding hydrogens is 338 g/mol. The summed E-state index contributed by atoms with van der Waals surface area (Å²) in [5, 5.41) is 4.91. The van der Waals surface area contributed by atoms with E-state index in [9.17, 15) is 4.79 Å². The van der Waals surface area contributed by atoms with Crippen molar-refractivity contribution in [1.82, 2.24) is 14.8 Å². The van der Waals surface area contributed by atoms with Gasteiger partial charge in [-0.15, -0.1) is 5.10 Å². The molecule has 2 aromatic rings. The van der Waals surface area contributed by atoms with Gasteiger partial charge in [0.05, 0.1) is 6.61 Å². The minimum Gasteiger partial charge on any atom is -0.462 e. The van der Waals surface area contributed by atoms with Crippen molar-refractivity contribution in [3.8, 4) is 17.4 Å². The van der Waals surface area contributed by atoms with Gasteiger partial charge >= 0.3 is 6.01 Å². The van der Waals surface area contributed by atoms with Gasteiger partial charge in [0.25, 0.3) is 5.91 Å². The van der Waals surface area contributed by atoms with Crippen LogP contribution in [0.5, 0.6) is 6.01 Å². The van der Waals surface area contributed by atoms with Crippen LogP contribution in [-0.4, -0.2) is 27.3 Å². The van der Waals surface area contributed by atoms with Gasteiger partial charge < -0.3 is 4.74 Å². The summed E-state index contributed by atoms with van der Waals surface area (Å²) in [7, 11) is 0. The Morgan fingerprint density at radius 1 is 1.28 bits per heavy atom. The Labute approximate surface area is 154 Å². The smallest absolute Gasteiger partial charge is 0.336 e. The number of benzene rings is 1. The SMILES string of the molecule is CCCCC(CC)C(=O)n1nc(OCCC)nc1-c1cccc(Cl)c1. The van der Waals surface area contributed by atoms with E-state index in [1.54, 1.807) is 12.1 Å². The molecule has 1 aromatic carbocycles. The van der Waals surface area contributed by atoms with E-state index in [0.29, 0.717) is 17.5 Å². The van der Waals surface area contributed by atoms with Crippen molar-refractivity contribution in [2.45, 2.75) is 52.9 Å². The van der Waals surface area contributed by atoms with Crippen molar-refractivity contribution < 1.29 is 9.53 Å². The summed E-state index contributed by atoms with van der Waals surface area (Å²) in [5.41, 5.74) is 0.755. The maximum atomic E-state index is 13.0. The fourth-order valence-corrected chi connectivity index (χ4v) is 2.83. The largest absolute Gasteiger partial charge is 0.462 e. The summed E-state index contributed by atoms with van der Waals surface area (Å²) < 4.78 is 6.93. The molecule has 0 saturated carbocycles. The zero-order valence-electron chi connectivity index (χ0n) is 15.2. The van der Waals surface area contributed by atoms with Crippen molar-refractivity contribution in [3.05, 3.63) is 29.3 Å². The second-order valence-electron chi connectivity index (χ2n) is 6.07. The highest BCUT2D eigenvalue weighted by Crippen LogP contribution is 2.25. The van der Waals surface area contributed by atoms with E-state index in [4.69, 9.17) is 16.3 Å². The van der Waals surface area contributed by atoms with Crippen molar-refractivity contribution >= 4 is 17.5 Å². The summed E-state index contributed by atoms with van der Waals surface area (Å²) >= 11 is 6.10. The highest BCUT2D eigenvalue weighted by atomic mass is 35.5. The van der Waals surface area contributed by atoms with Gasteiger partial charge in [-0.05, 0) is 31.4 Å². The van der Waals surface area contributed by atoms with Gasteiger partial charge in [-0.25, -0.2) is 0 Å². The number of rotatable bonds is 9. The Morgan fingerprint density at radius 3 is 2.72 bits per heavy atom. The van der Waals surface area contributed by atoms with E-state index in [-0.39, 0.29) is 17.8 Å². The average molecular weight is 364 g/mol. The molecule has 2 rings (SSSR count). The number of hydrogen-bond donors (Lipinski definition) is 0. The fraction of sp³-hybridized carbons (Fsp3) is 0.526. The topological polar surface area (TPSA) is 57.0 Å². The molecule has 0 aliphatic carbocycles. The lowest BCUT2D eigenvalue weighted by atomic mass is 9.98. The van der Waals surface area contributed by atoms with Crippen LogP contribution in [0.25, 0.3) is 11.4 Å². The Morgan fingerprint density at radius 2 is 2.08 bits per heavy atom. The number of hydrogen-bond acceptors (Lipinski definition) is 4. The number of carbonyl (C=O) groups excluding carboxylic acids is 1. The van der Waals surface area contributed by atoms with Gasteiger partial charge in [-0.2, -0.15) is 9.67 Å². The highest BCUT2D eigenvalue weighted by molar-refractivity contribution is 6.30. The molecule has 5 nitrogen and oxygen atoms in total. The molecule has 0 amide bonds. The van der Waals surface area contributed by atoms with E-state index in [2.05, 4.69) is 17.0 Å². The number of unbranched alkanes of at least 4 members (excludes halogenated alkanes) is 1. The van der Waals surface area contributed by atoms with Crippen LogP contribution >= 0.6 is 11.6 Å². The third kappa shape index (κ3) is 5.05. The van der Waals surface area contributed by atoms with Crippen LogP contribution in [0, 0.1) is 5.92 Å². The first kappa shape index (κ1) is 19.4. The fourth-order valence-electron chi connectivity index (χ4n) is 2.64. The van der Waals surface area contributed by atoms with Crippen molar-refractivity contribution in [1.29, 1.82) is 0 Å². The van der Waals surface area contributed by atoms with E-state index >= 15 is 0 Å². The summed E-state index contributed by atoms with van der Waals surface area (Å²) in [5.74, 6) is 0.372. The first-order valence-corrected chi connectivity index (χ1v) is 9.38. The Bertz CT molecular complexity index is 700. The lowest BCUT2D eigenvalue weighted by Gasteiger charge is -2.14.